The molecular weight excluding hydrogens is 390 g/mol. The molecule has 0 amide bonds. The lowest BCUT2D eigenvalue weighted by molar-refractivity contribution is -0.0534. The van der Waals surface area contributed by atoms with E-state index in [1.807, 2.05) is 20.8 Å². The van der Waals surface area contributed by atoms with E-state index in [-0.39, 0.29) is 11.9 Å². The van der Waals surface area contributed by atoms with E-state index in [1.54, 1.807) is 12.1 Å². The van der Waals surface area contributed by atoms with Crippen LogP contribution in [0.2, 0.25) is 0 Å². The van der Waals surface area contributed by atoms with E-state index >= 15 is 0 Å². The lowest BCUT2D eigenvalue weighted by Crippen LogP contribution is -2.36. The Balaban J connectivity index is 3.11. The van der Waals surface area contributed by atoms with E-state index in [0.29, 0.717) is 22.9 Å². The van der Waals surface area contributed by atoms with E-state index in [9.17, 15) is 13.0 Å². The molecule has 130 valence electrons. The highest BCUT2D eigenvalue weighted by atomic mass is 79.9. The highest BCUT2D eigenvalue weighted by Crippen LogP contribution is 2.34. The molecule has 1 rings (SSSR count). The van der Waals surface area contributed by atoms with Crippen LogP contribution in [0.15, 0.2) is 29.4 Å². The quantitative estimate of drug-likeness (QED) is 0.641. The van der Waals surface area contributed by atoms with Gasteiger partial charge in [0.15, 0.2) is 0 Å². The van der Waals surface area contributed by atoms with Crippen molar-refractivity contribution in [2.75, 3.05) is 0 Å². The standard InChI is InChI=1S/C15H21BrF2N2O2S/c1-5-6-7-11(20-23(21)15(2,3)4)10-8-9-19-13(12(10)16)22-14(17)18/h5,8-9,11,14,20H,1,6-7H2,2-4H3/t11-,23+/m1/s1. The van der Waals surface area contributed by atoms with Crippen LogP contribution in [-0.4, -0.2) is 20.6 Å². The van der Waals surface area contributed by atoms with E-state index in [0.717, 1.165) is 0 Å². The second-order valence-corrected chi connectivity index (χ2v) is 8.61. The molecule has 0 aromatic carbocycles. The van der Waals surface area contributed by atoms with Crippen LogP contribution in [-0.2, 0) is 11.0 Å². The van der Waals surface area contributed by atoms with Crippen LogP contribution in [0.3, 0.4) is 0 Å². The van der Waals surface area contributed by atoms with Gasteiger partial charge in [-0.1, -0.05) is 6.08 Å². The van der Waals surface area contributed by atoms with Crippen molar-refractivity contribution in [3.8, 4) is 5.88 Å². The van der Waals surface area contributed by atoms with Gasteiger partial charge in [-0.3, -0.25) is 0 Å². The fourth-order valence-electron chi connectivity index (χ4n) is 1.74. The number of nitrogens with zero attached hydrogens (tertiary/aromatic N) is 1. The second kappa shape index (κ2) is 8.84. The van der Waals surface area contributed by atoms with E-state index in [1.165, 1.54) is 6.20 Å². The van der Waals surface area contributed by atoms with Crippen LogP contribution in [0, 0.1) is 0 Å². The number of nitrogens with one attached hydrogen (secondary N) is 1. The number of hydrogen-bond donors (Lipinski definition) is 1. The SMILES string of the molecule is C=CCC[C@@H](N[S@@](=O)C(C)(C)C)c1ccnc(OC(F)F)c1Br. The van der Waals surface area contributed by atoms with Crippen LogP contribution in [0.1, 0.15) is 45.2 Å². The Kier molecular flexibility index (Phi) is 7.76. The van der Waals surface area contributed by atoms with Crippen molar-refractivity contribution in [3.05, 3.63) is 35.0 Å². The molecule has 0 spiro atoms. The molecule has 1 aromatic rings. The van der Waals surface area contributed by atoms with Gasteiger partial charge in [0, 0.05) is 12.2 Å². The van der Waals surface area contributed by atoms with Gasteiger partial charge in [-0.05, 0) is 61.2 Å². The Bertz CT molecular complexity index is 565. The molecular formula is C15H21BrF2N2O2S. The Labute approximate surface area is 146 Å². The summed E-state index contributed by atoms with van der Waals surface area (Å²) in [6.45, 7) is 6.29. The Hall–Kier alpha value is -0.860. The van der Waals surface area contributed by atoms with Crippen LogP contribution in [0.4, 0.5) is 8.78 Å². The molecule has 0 aliphatic carbocycles. The zero-order valence-electron chi connectivity index (χ0n) is 13.3. The lowest BCUT2D eigenvalue weighted by Gasteiger charge is -2.25. The van der Waals surface area contributed by atoms with Gasteiger partial charge >= 0.3 is 6.61 Å². The summed E-state index contributed by atoms with van der Waals surface area (Å²) in [5, 5.41) is 0. The predicted molar refractivity (Wildman–Crippen MR) is 91.8 cm³/mol. The van der Waals surface area contributed by atoms with E-state index in [4.69, 9.17) is 0 Å². The van der Waals surface area contributed by atoms with Gasteiger partial charge in [-0.15, -0.1) is 6.58 Å². The number of rotatable bonds is 8. The first-order valence-electron chi connectivity index (χ1n) is 7.05. The van der Waals surface area contributed by atoms with Gasteiger partial charge in [0.1, 0.15) is 0 Å². The summed E-state index contributed by atoms with van der Waals surface area (Å²) in [6.07, 6.45) is 4.43. The normalized spacial score (nSPS) is 14.6. The van der Waals surface area contributed by atoms with Gasteiger partial charge in [0.25, 0.3) is 0 Å². The summed E-state index contributed by atoms with van der Waals surface area (Å²) in [5.74, 6) is -0.190. The fourth-order valence-corrected chi connectivity index (χ4v) is 3.20. The minimum absolute atomic E-state index is 0.190. The molecule has 1 aromatic heterocycles. The predicted octanol–water partition coefficient (Wildman–Crippen LogP) is 4.50. The third kappa shape index (κ3) is 6.27. The van der Waals surface area contributed by atoms with Crippen molar-refractivity contribution in [1.29, 1.82) is 0 Å². The third-order valence-corrected chi connectivity index (χ3v) is 5.34. The summed E-state index contributed by atoms with van der Waals surface area (Å²) >= 11 is 3.26. The third-order valence-electron chi connectivity index (χ3n) is 2.93. The summed E-state index contributed by atoms with van der Waals surface area (Å²) in [7, 11) is -1.31. The number of halogens is 3. The van der Waals surface area contributed by atoms with Gasteiger partial charge < -0.3 is 4.74 Å². The van der Waals surface area contributed by atoms with E-state index in [2.05, 4.69) is 37.0 Å². The average molecular weight is 411 g/mol. The zero-order chi connectivity index (χ0) is 17.6. The minimum atomic E-state index is -2.96. The highest BCUT2D eigenvalue weighted by Gasteiger charge is 2.25. The molecule has 1 heterocycles. The molecule has 23 heavy (non-hydrogen) atoms. The molecule has 0 aliphatic heterocycles. The maximum Gasteiger partial charge on any atom is 0.388 e. The molecule has 0 unspecified atom stereocenters. The number of hydrogen-bond acceptors (Lipinski definition) is 3. The van der Waals surface area contributed by atoms with Crippen molar-refractivity contribution in [2.24, 2.45) is 0 Å². The second-order valence-electron chi connectivity index (χ2n) is 5.82. The molecule has 0 saturated heterocycles. The molecule has 4 nitrogen and oxygen atoms in total. The number of allylic oxidation sites excluding steroid dienone is 1. The molecule has 0 aliphatic rings. The van der Waals surface area contributed by atoms with Crippen LogP contribution in [0.25, 0.3) is 0 Å². The monoisotopic (exact) mass is 410 g/mol. The van der Waals surface area contributed by atoms with Gasteiger partial charge in [-0.25, -0.2) is 13.9 Å². The maximum atomic E-state index is 12.4. The molecule has 8 heteroatoms. The molecule has 0 fully saturated rings. The zero-order valence-corrected chi connectivity index (χ0v) is 15.7. The summed E-state index contributed by atoms with van der Waals surface area (Å²) < 4.78 is 44.6. The van der Waals surface area contributed by atoms with Gasteiger partial charge in [-0.2, -0.15) is 8.78 Å². The number of pyridine rings is 1. The van der Waals surface area contributed by atoms with Crippen molar-refractivity contribution < 1.29 is 17.7 Å². The van der Waals surface area contributed by atoms with Gasteiger partial charge in [0.05, 0.1) is 20.2 Å². The molecule has 1 N–H and O–H groups in total. The van der Waals surface area contributed by atoms with Crippen molar-refractivity contribution in [1.82, 2.24) is 9.71 Å². The van der Waals surface area contributed by atoms with Crippen molar-refractivity contribution >= 4 is 26.9 Å². The Morgan fingerprint density at radius 2 is 2.17 bits per heavy atom. The van der Waals surface area contributed by atoms with Crippen LogP contribution < -0.4 is 9.46 Å². The lowest BCUT2D eigenvalue weighted by atomic mass is 10.0. The summed E-state index contributed by atoms with van der Waals surface area (Å²) in [4.78, 5) is 3.80. The Morgan fingerprint density at radius 1 is 1.52 bits per heavy atom. The first-order valence-corrected chi connectivity index (χ1v) is 8.99. The number of alkyl halides is 2. The fraction of sp³-hybridized carbons (Fsp3) is 0.533. The van der Waals surface area contributed by atoms with Crippen molar-refractivity contribution in [2.45, 2.75) is 51.0 Å². The largest absolute Gasteiger partial charge is 0.416 e. The summed E-state index contributed by atoms with van der Waals surface area (Å²) in [6, 6.07) is 1.37. The smallest absolute Gasteiger partial charge is 0.388 e. The topological polar surface area (TPSA) is 51.2 Å². The highest BCUT2D eigenvalue weighted by molar-refractivity contribution is 9.10. The molecule has 0 radical (unpaired) electrons. The summed E-state index contributed by atoms with van der Waals surface area (Å²) in [5.41, 5.74) is 0.662. The Morgan fingerprint density at radius 3 is 2.70 bits per heavy atom. The van der Waals surface area contributed by atoms with E-state index < -0.39 is 22.3 Å². The van der Waals surface area contributed by atoms with Crippen LogP contribution in [0.5, 0.6) is 5.88 Å². The molecule has 0 saturated carbocycles. The number of aromatic nitrogens is 1. The minimum Gasteiger partial charge on any atom is -0.416 e. The van der Waals surface area contributed by atoms with Gasteiger partial charge in [0.2, 0.25) is 5.88 Å². The van der Waals surface area contributed by atoms with Crippen molar-refractivity contribution in [3.63, 3.8) is 0 Å². The first-order chi connectivity index (χ1) is 10.7. The van der Waals surface area contributed by atoms with Crippen LogP contribution >= 0.6 is 15.9 Å². The molecule has 0 bridgehead atoms. The molecule has 2 atom stereocenters. The number of ether oxygens (including phenoxy) is 1. The average Bonchev–Trinajstić information content (AvgIpc) is 2.44. The maximum absolute atomic E-state index is 12.4. The first kappa shape index (κ1) is 20.2.